The molecule has 2 aromatic carbocycles. The van der Waals surface area contributed by atoms with E-state index in [9.17, 15) is 0 Å². The maximum absolute atomic E-state index is 6.38. The molecule has 2 atom stereocenters. The number of hydrogen-bond acceptors (Lipinski definition) is 5. The van der Waals surface area contributed by atoms with Gasteiger partial charge in [0.2, 0.25) is 6.23 Å². The first-order valence-corrected chi connectivity index (χ1v) is 9.52. The number of benzene rings is 2. The van der Waals surface area contributed by atoms with Crippen molar-refractivity contribution in [3.8, 4) is 11.5 Å². The van der Waals surface area contributed by atoms with Gasteiger partial charge in [0.25, 0.3) is 0 Å². The Balaban J connectivity index is 1.64. The Morgan fingerprint density at radius 3 is 2.81 bits per heavy atom. The molecule has 0 N–H and O–H groups in total. The lowest BCUT2D eigenvalue weighted by molar-refractivity contribution is -0.0203. The fourth-order valence-corrected chi connectivity index (χ4v) is 4.10. The Morgan fingerprint density at radius 2 is 2.00 bits per heavy atom. The zero-order valence-electron chi connectivity index (χ0n) is 14.6. The van der Waals surface area contributed by atoms with E-state index in [1.165, 1.54) is 0 Å². The van der Waals surface area contributed by atoms with Gasteiger partial charge in [0.15, 0.2) is 0 Å². The molecule has 2 aliphatic heterocycles. The predicted octanol–water partition coefficient (Wildman–Crippen LogP) is 5.29. The minimum absolute atomic E-state index is 0.0706. The van der Waals surface area contributed by atoms with Gasteiger partial charge in [-0.1, -0.05) is 28.1 Å². The molecule has 2 unspecified atom stereocenters. The lowest BCUT2D eigenvalue weighted by Gasteiger charge is -2.38. The first-order chi connectivity index (χ1) is 13.2. The van der Waals surface area contributed by atoms with Gasteiger partial charge in [-0.25, -0.2) is 5.01 Å². The zero-order chi connectivity index (χ0) is 18.4. The summed E-state index contributed by atoms with van der Waals surface area (Å²) in [6, 6.07) is 17.9. The highest BCUT2D eigenvalue weighted by Gasteiger charge is 2.42. The fraction of sp³-hybridized carbons (Fsp3) is 0.190. The van der Waals surface area contributed by atoms with Gasteiger partial charge in [0.1, 0.15) is 23.0 Å². The van der Waals surface area contributed by atoms with E-state index < -0.39 is 0 Å². The molecule has 0 bridgehead atoms. The third-order valence-electron chi connectivity index (χ3n) is 4.96. The van der Waals surface area contributed by atoms with E-state index in [2.05, 4.69) is 22.0 Å². The zero-order valence-corrected chi connectivity index (χ0v) is 16.2. The van der Waals surface area contributed by atoms with E-state index in [-0.39, 0.29) is 12.3 Å². The monoisotopic (exact) mass is 424 g/mol. The van der Waals surface area contributed by atoms with Crippen molar-refractivity contribution in [2.45, 2.75) is 18.7 Å². The second kappa shape index (κ2) is 6.46. The largest absolute Gasteiger partial charge is 0.496 e. The van der Waals surface area contributed by atoms with Gasteiger partial charge >= 0.3 is 0 Å². The molecule has 136 valence electrons. The molecule has 0 fully saturated rings. The van der Waals surface area contributed by atoms with E-state index in [1.807, 2.05) is 53.5 Å². The summed E-state index contributed by atoms with van der Waals surface area (Å²) in [6.45, 7) is 0. The lowest BCUT2D eigenvalue weighted by Crippen LogP contribution is -2.34. The molecule has 0 radical (unpaired) electrons. The second-order valence-corrected chi connectivity index (χ2v) is 7.43. The molecule has 0 saturated carbocycles. The molecule has 1 aromatic heterocycles. The van der Waals surface area contributed by atoms with Gasteiger partial charge in [0, 0.05) is 16.5 Å². The Hall–Kier alpha value is -2.73. The summed E-state index contributed by atoms with van der Waals surface area (Å²) in [5.74, 6) is 2.44. The van der Waals surface area contributed by atoms with Gasteiger partial charge in [-0.2, -0.15) is 5.10 Å². The molecule has 0 spiro atoms. The predicted molar refractivity (Wildman–Crippen MR) is 105 cm³/mol. The number of fused-ring (bicyclic) bond motifs is 3. The standard InChI is InChI=1S/C21H17BrN2O3/c1-25-18-6-3-2-5-14(18)21-24-17(12-16(23-24)20-7-4-10-26-20)15-11-13(22)8-9-19(15)27-21/h2-11,17,21H,12H2,1H3. The van der Waals surface area contributed by atoms with E-state index in [0.29, 0.717) is 0 Å². The lowest BCUT2D eigenvalue weighted by atomic mass is 9.97. The number of rotatable bonds is 3. The third-order valence-corrected chi connectivity index (χ3v) is 5.46. The van der Waals surface area contributed by atoms with Gasteiger partial charge in [-0.15, -0.1) is 0 Å². The van der Waals surface area contributed by atoms with E-state index in [4.69, 9.17) is 19.0 Å². The summed E-state index contributed by atoms with van der Waals surface area (Å²) in [7, 11) is 1.67. The normalized spacial score (nSPS) is 20.5. The van der Waals surface area contributed by atoms with Crippen molar-refractivity contribution in [3.63, 3.8) is 0 Å². The fourth-order valence-electron chi connectivity index (χ4n) is 3.73. The molecular formula is C21H17BrN2O3. The van der Waals surface area contributed by atoms with Crippen LogP contribution in [0.2, 0.25) is 0 Å². The highest BCUT2D eigenvalue weighted by Crippen LogP contribution is 2.49. The van der Waals surface area contributed by atoms with E-state index in [1.54, 1.807) is 13.4 Å². The van der Waals surface area contributed by atoms with Crippen LogP contribution in [0.25, 0.3) is 0 Å². The first-order valence-electron chi connectivity index (χ1n) is 8.73. The highest BCUT2D eigenvalue weighted by atomic mass is 79.9. The number of hydrogen-bond donors (Lipinski definition) is 0. The summed E-state index contributed by atoms with van der Waals surface area (Å²) in [5.41, 5.74) is 2.98. The molecule has 3 heterocycles. The number of methoxy groups -OCH3 is 1. The average Bonchev–Trinajstić information content (AvgIpc) is 3.37. The van der Waals surface area contributed by atoms with Crippen LogP contribution in [-0.4, -0.2) is 17.8 Å². The maximum atomic E-state index is 6.38. The van der Waals surface area contributed by atoms with Crippen LogP contribution in [0.4, 0.5) is 0 Å². The van der Waals surface area contributed by atoms with Crippen molar-refractivity contribution in [2.75, 3.05) is 7.11 Å². The molecular weight excluding hydrogens is 408 g/mol. The van der Waals surface area contributed by atoms with Crippen LogP contribution in [-0.2, 0) is 0 Å². The van der Waals surface area contributed by atoms with Crippen molar-refractivity contribution >= 4 is 21.6 Å². The summed E-state index contributed by atoms with van der Waals surface area (Å²) < 4.78 is 18.6. The average molecular weight is 425 g/mol. The van der Waals surface area contributed by atoms with E-state index in [0.717, 1.165) is 45.0 Å². The van der Waals surface area contributed by atoms with Crippen LogP contribution in [0.1, 0.15) is 35.6 Å². The summed E-state index contributed by atoms with van der Waals surface area (Å²) in [5, 5.41) is 6.89. The Morgan fingerprint density at radius 1 is 1.11 bits per heavy atom. The van der Waals surface area contributed by atoms with E-state index >= 15 is 0 Å². The van der Waals surface area contributed by atoms with Crippen LogP contribution in [0, 0.1) is 0 Å². The summed E-state index contributed by atoms with van der Waals surface area (Å²) in [6.07, 6.45) is 2.06. The van der Waals surface area contributed by atoms with Crippen LogP contribution in [0.15, 0.2) is 74.9 Å². The SMILES string of the molecule is COc1ccccc1C1Oc2ccc(Br)cc2C2CC(c3ccco3)=NN21. The molecule has 2 aliphatic rings. The van der Waals surface area contributed by atoms with Crippen molar-refractivity contribution < 1.29 is 13.9 Å². The second-order valence-electron chi connectivity index (χ2n) is 6.52. The first kappa shape index (κ1) is 16.4. The molecule has 0 aliphatic carbocycles. The maximum Gasteiger partial charge on any atom is 0.217 e. The number of furan rings is 1. The minimum Gasteiger partial charge on any atom is -0.496 e. The van der Waals surface area contributed by atoms with Crippen molar-refractivity contribution in [3.05, 3.63) is 82.2 Å². The third kappa shape index (κ3) is 2.72. The molecule has 27 heavy (non-hydrogen) atoms. The number of hydrazone groups is 1. The molecule has 5 rings (SSSR count). The van der Waals surface area contributed by atoms with Crippen molar-refractivity contribution in [2.24, 2.45) is 5.10 Å². The van der Waals surface area contributed by atoms with Crippen molar-refractivity contribution in [1.82, 2.24) is 5.01 Å². The Labute approximate surface area is 165 Å². The Kier molecular flexibility index (Phi) is 3.93. The number of nitrogens with zero attached hydrogens (tertiary/aromatic N) is 2. The molecule has 0 amide bonds. The van der Waals surface area contributed by atoms with Crippen molar-refractivity contribution in [1.29, 1.82) is 0 Å². The smallest absolute Gasteiger partial charge is 0.217 e. The number of halogens is 1. The molecule has 5 nitrogen and oxygen atoms in total. The van der Waals surface area contributed by atoms with Crippen LogP contribution < -0.4 is 9.47 Å². The van der Waals surface area contributed by atoms with Gasteiger partial charge < -0.3 is 13.9 Å². The molecule has 6 heteroatoms. The minimum atomic E-state index is -0.368. The van der Waals surface area contributed by atoms with Crippen LogP contribution >= 0.6 is 15.9 Å². The summed E-state index contributed by atoms with van der Waals surface area (Å²) in [4.78, 5) is 0. The highest BCUT2D eigenvalue weighted by molar-refractivity contribution is 9.10. The van der Waals surface area contributed by atoms with Crippen LogP contribution in [0.5, 0.6) is 11.5 Å². The molecule has 0 saturated heterocycles. The van der Waals surface area contributed by atoms with Gasteiger partial charge in [-0.3, -0.25) is 0 Å². The quantitative estimate of drug-likeness (QED) is 0.572. The number of ether oxygens (including phenoxy) is 2. The molecule has 3 aromatic rings. The Bertz CT molecular complexity index is 1020. The topological polar surface area (TPSA) is 47.2 Å². The number of para-hydroxylation sites is 1. The van der Waals surface area contributed by atoms with Gasteiger partial charge in [-0.05, 0) is 42.5 Å². The van der Waals surface area contributed by atoms with Gasteiger partial charge in [0.05, 0.1) is 25.0 Å². The summed E-state index contributed by atoms with van der Waals surface area (Å²) >= 11 is 3.57. The van der Waals surface area contributed by atoms with Crippen LogP contribution in [0.3, 0.4) is 0 Å².